The van der Waals surface area contributed by atoms with E-state index in [0.717, 1.165) is 0 Å². The largest absolute Gasteiger partial charge is 0.482 e. The number of carbonyl (C=O) groups excluding carboxylic acids is 2. The van der Waals surface area contributed by atoms with Gasteiger partial charge in [0.2, 0.25) is 12.0 Å². The first-order valence-corrected chi connectivity index (χ1v) is 10.4. The van der Waals surface area contributed by atoms with E-state index < -0.39 is 6.10 Å². The number of halogens is 1. The molecule has 2 unspecified atom stereocenters. The van der Waals surface area contributed by atoms with Gasteiger partial charge in [0.15, 0.2) is 11.5 Å². The van der Waals surface area contributed by atoms with Crippen molar-refractivity contribution in [1.82, 2.24) is 9.80 Å². The molecule has 2 amide bonds. The lowest BCUT2D eigenvalue weighted by atomic mass is 10.1. The molecule has 1 fully saturated rings. The van der Waals surface area contributed by atoms with Gasteiger partial charge in [0.25, 0.3) is 5.91 Å². The third-order valence-corrected chi connectivity index (χ3v) is 5.61. The predicted molar refractivity (Wildman–Crippen MR) is 114 cm³/mol. The van der Waals surface area contributed by atoms with Gasteiger partial charge in [0.1, 0.15) is 6.10 Å². The topological polar surface area (TPSA) is 71.1 Å². The smallest absolute Gasteiger partial charge is 0.267 e. The van der Waals surface area contributed by atoms with Gasteiger partial charge in [-0.2, -0.15) is 0 Å². The molecule has 2 aliphatic heterocycles. The summed E-state index contributed by atoms with van der Waals surface area (Å²) in [5, 5.41) is 3.33. The number of ether oxygens (including phenoxy) is 2. The minimum absolute atomic E-state index is 0.0860. The van der Waals surface area contributed by atoms with Crippen LogP contribution in [-0.4, -0.2) is 66.5 Å². The van der Waals surface area contributed by atoms with Gasteiger partial charge in [-0.05, 0) is 31.2 Å². The van der Waals surface area contributed by atoms with Crippen LogP contribution in [0, 0.1) is 0 Å². The molecule has 2 heterocycles. The number of fused-ring (bicyclic) bond motifs is 1. The third-order valence-electron chi connectivity index (χ3n) is 5.28. The molecular weight excluding hydrogens is 406 g/mol. The van der Waals surface area contributed by atoms with Gasteiger partial charge in [-0.3, -0.25) is 14.5 Å². The van der Waals surface area contributed by atoms with Crippen molar-refractivity contribution in [3.05, 3.63) is 53.6 Å². The van der Waals surface area contributed by atoms with Gasteiger partial charge in [-0.25, -0.2) is 0 Å². The Morgan fingerprint density at radius 3 is 2.33 bits per heavy atom. The quantitative estimate of drug-likeness (QED) is 0.809. The van der Waals surface area contributed by atoms with Gasteiger partial charge >= 0.3 is 0 Å². The van der Waals surface area contributed by atoms with E-state index >= 15 is 0 Å². The Kier molecular flexibility index (Phi) is 6.11. The van der Waals surface area contributed by atoms with E-state index in [9.17, 15) is 9.59 Å². The van der Waals surface area contributed by atoms with Crippen molar-refractivity contribution in [1.29, 1.82) is 0 Å². The van der Waals surface area contributed by atoms with Crippen molar-refractivity contribution in [3.8, 4) is 11.5 Å². The highest BCUT2D eigenvalue weighted by molar-refractivity contribution is 6.33. The van der Waals surface area contributed by atoms with Crippen LogP contribution in [-0.2, 0) is 9.59 Å². The fraction of sp³-hybridized carbons (Fsp3) is 0.364. The second kappa shape index (κ2) is 8.93. The van der Waals surface area contributed by atoms with Gasteiger partial charge in [-0.1, -0.05) is 35.9 Å². The number of para-hydroxylation sites is 3. The number of carbonyl (C=O) groups is 2. The molecule has 2 aromatic rings. The van der Waals surface area contributed by atoms with Crippen molar-refractivity contribution in [3.63, 3.8) is 0 Å². The maximum Gasteiger partial charge on any atom is 0.267 e. The van der Waals surface area contributed by atoms with Crippen LogP contribution in [0.15, 0.2) is 48.5 Å². The monoisotopic (exact) mass is 429 g/mol. The first-order valence-electron chi connectivity index (χ1n) is 9.99. The second-order valence-corrected chi connectivity index (χ2v) is 7.84. The Balaban J connectivity index is 1.28. The number of hydrogen-bond acceptors (Lipinski definition) is 5. The normalized spacial score (nSPS) is 21.2. The zero-order valence-corrected chi connectivity index (χ0v) is 17.5. The molecule has 0 bridgehead atoms. The minimum atomic E-state index is -0.671. The fourth-order valence-electron chi connectivity index (χ4n) is 3.65. The van der Waals surface area contributed by atoms with Crippen LogP contribution in [0.4, 0.5) is 5.69 Å². The summed E-state index contributed by atoms with van der Waals surface area (Å²) in [6.45, 7) is 4.38. The summed E-state index contributed by atoms with van der Waals surface area (Å²) in [6, 6.07) is 14.5. The number of benzene rings is 2. The molecule has 7 nitrogen and oxygen atoms in total. The molecule has 158 valence electrons. The standard InChI is InChI=1S/C22H24ClN3O4/c1-15-21(30-19-9-5-4-8-18(19)29-15)22(28)26-12-10-25(11-13-26)14-20(27)24-17-7-3-2-6-16(17)23/h2-9,15,21H,10-14H2,1H3,(H,24,27). The zero-order chi connectivity index (χ0) is 21.1. The summed E-state index contributed by atoms with van der Waals surface area (Å²) >= 11 is 6.09. The lowest BCUT2D eigenvalue weighted by Crippen LogP contribution is -2.56. The number of anilines is 1. The van der Waals surface area contributed by atoms with Crippen molar-refractivity contribution in [2.75, 3.05) is 38.0 Å². The van der Waals surface area contributed by atoms with Gasteiger partial charge in [-0.15, -0.1) is 0 Å². The average Bonchev–Trinajstić information content (AvgIpc) is 2.75. The molecule has 0 spiro atoms. The molecule has 4 rings (SSSR count). The Bertz CT molecular complexity index is 930. The van der Waals surface area contributed by atoms with Crippen LogP contribution in [0.3, 0.4) is 0 Å². The van der Waals surface area contributed by atoms with Crippen molar-refractivity contribution in [2.45, 2.75) is 19.1 Å². The maximum absolute atomic E-state index is 13.0. The van der Waals surface area contributed by atoms with Gasteiger partial charge in [0.05, 0.1) is 17.3 Å². The van der Waals surface area contributed by atoms with E-state index in [1.54, 1.807) is 23.1 Å². The number of piperazine rings is 1. The molecule has 8 heteroatoms. The van der Waals surface area contributed by atoms with E-state index in [1.807, 2.05) is 42.2 Å². The van der Waals surface area contributed by atoms with E-state index in [4.69, 9.17) is 21.1 Å². The molecular formula is C22H24ClN3O4. The molecule has 0 radical (unpaired) electrons. The molecule has 30 heavy (non-hydrogen) atoms. The number of rotatable bonds is 4. The maximum atomic E-state index is 13.0. The highest BCUT2D eigenvalue weighted by atomic mass is 35.5. The number of nitrogens with one attached hydrogen (secondary N) is 1. The first-order chi connectivity index (χ1) is 14.5. The fourth-order valence-corrected chi connectivity index (χ4v) is 3.84. The van der Waals surface area contributed by atoms with Crippen molar-refractivity contribution < 1.29 is 19.1 Å². The SMILES string of the molecule is CC1Oc2ccccc2OC1C(=O)N1CCN(CC(=O)Nc2ccccc2Cl)CC1. The number of nitrogens with zero attached hydrogens (tertiary/aromatic N) is 2. The molecule has 2 aliphatic rings. The highest BCUT2D eigenvalue weighted by Crippen LogP contribution is 2.34. The molecule has 1 saturated heterocycles. The zero-order valence-electron chi connectivity index (χ0n) is 16.7. The van der Waals surface area contributed by atoms with Crippen LogP contribution >= 0.6 is 11.6 Å². The van der Waals surface area contributed by atoms with Crippen LogP contribution in [0.2, 0.25) is 5.02 Å². The lowest BCUT2D eigenvalue weighted by Gasteiger charge is -2.38. The third kappa shape index (κ3) is 4.52. The van der Waals surface area contributed by atoms with E-state index in [0.29, 0.717) is 48.4 Å². The predicted octanol–water partition coefficient (Wildman–Crippen LogP) is 2.65. The van der Waals surface area contributed by atoms with E-state index in [-0.39, 0.29) is 24.5 Å². The van der Waals surface area contributed by atoms with E-state index in [1.165, 1.54) is 0 Å². The highest BCUT2D eigenvalue weighted by Gasteiger charge is 2.37. The van der Waals surface area contributed by atoms with Crippen LogP contribution in [0.1, 0.15) is 6.92 Å². The Morgan fingerprint density at radius 1 is 1.00 bits per heavy atom. The molecule has 2 aromatic carbocycles. The summed E-state index contributed by atoms with van der Waals surface area (Å²) in [5.74, 6) is 1.03. The lowest BCUT2D eigenvalue weighted by molar-refractivity contribution is -0.146. The van der Waals surface area contributed by atoms with Crippen LogP contribution < -0.4 is 14.8 Å². The summed E-state index contributed by atoms with van der Waals surface area (Å²) in [4.78, 5) is 29.1. The minimum Gasteiger partial charge on any atom is -0.482 e. The van der Waals surface area contributed by atoms with Crippen LogP contribution in [0.25, 0.3) is 0 Å². The molecule has 0 aliphatic carbocycles. The summed E-state index contributed by atoms with van der Waals surface area (Å²) < 4.78 is 11.8. The van der Waals surface area contributed by atoms with Gasteiger partial charge in [0, 0.05) is 26.2 Å². The Hall–Kier alpha value is -2.77. The van der Waals surface area contributed by atoms with Crippen LogP contribution in [0.5, 0.6) is 11.5 Å². The summed E-state index contributed by atoms with van der Waals surface area (Å²) in [7, 11) is 0. The van der Waals surface area contributed by atoms with Crippen molar-refractivity contribution in [2.24, 2.45) is 0 Å². The Labute approximate surface area is 180 Å². The summed E-state index contributed by atoms with van der Waals surface area (Å²) in [5.41, 5.74) is 0.599. The summed E-state index contributed by atoms with van der Waals surface area (Å²) in [6.07, 6.45) is -1.04. The first kappa shape index (κ1) is 20.5. The van der Waals surface area contributed by atoms with Gasteiger partial charge < -0.3 is 19.7 Å². The number of hydrogen-bond donors (Lipinski definition) is 1. The molecule has 0 saturated carbocycles. The molecule has 2 atom stereocenters. The Morgan fingerprint density at radius 2 is 1.63 bits per heavy atom. The molecule has 1 N–H and O–H groups in total. The second-order valence-electron chi connectivity index (χ2n) is 7.44. The van der Waals surface area contributed by atoms with Crippen molar-refractivity contribution >= 4 is 29.1 Å². The average molecular weight is 430 g/mol. The molecule has 0 aromatic heterocycles. The number of amides is 2. The van der Waals surface area contributed by atoms with E-state index in [2.05, 4.69) is 5.32 Å².